The predicted octanol–water partition coefficient (Wildman–Crippen LogP) is 5.26. The van der Waals surface area contributed by atoms with E-state index in [4.69, 9.17) is 0 Å². The van der Waals surface area contributed by atoms with E-state index in [0.29, 0.717) is 17.3 Å². The molecule has 0 aliphatic heterocycles. The molecule has 0 aliphatic rings. The molecule has 26 heavy (non-hydrogen) atoms. The third-order valence-corrected chi connectivity index (χ3v) is 5.25. The molecule has 1 aromatic heterocycles. The Kier molecular flexibility index (Phi) is 6.06. The number of allylic oxidation sites excluding steroid dienone is 1. The molecule has 1 unspecified atom stereocenters. The highest BCUT2D eigenvalue weighted by atomic mass is 79.9. The van der Waals surface area contributed by atoms with E-state index in [2.05, 4.69) is 32.6 Å². The van der Waals surface area contributed by atoms with Crippen LogP contribution in [0.3, 0.4) is 0 Å². The largest absolute Gasteiger partial charge is 0.293 e. The van der Waals surface area contributed by atoms with Crippen LogP contribution in [0.5, 0.6) is 0 Å². The molecule has 0 fully saturated rings. The summed E-state index contributed by atoms with van der Waals surface area (Å²) < 4.78 is 2.81. The van der Waals surface area contributed by atoms with Gasteiger partial charge < -0.3 is 0 Å². The first kappa shape index (κ1) is 18.6. The maximum absolute atomic E-state index is 12.6. The highest BCUT2D eigenvalue weighted by Crippen LogP contribution is 2.27. The van der Waals surface area contributed by atoms with E-state index in [1.807, 2.05) is 61.5 Å². The fraction of sp³-hybridized carbons (Fsp3) is 0.150. The molecule has 0 aliphatic carbocycles. The summed E-state index contributed by atoms with van der Waals surface area (Å²) in [6.45, 7) is 6.22. The van der Waals surface area contributed by atoms with Crippen LogP contribution in [0.1, 0.15) is 17.3 Å². The first-order chi connectivity index (χ1) is 12.6. The van der Waals surface area contributed by atoms with Gasteiger partial charge in [-0.15, -0.1) is 11.7 Å². The van der Waals surface area contributed by atoms with Gasteiger partial charge in [0.05, 0.1) is 11.8 Å². The average molecular weight is 428 g/mol. The van der Waals surface area contributed by atoms with E-state index in [1.54, 1.807) is 10.8 Å². The smallest absolute Gasteiger partial charge is 0.209 e. The molecule has 0 spiro atoms. The standard InChI is InChI=1S/C20H18BrN3OS/c1-3-13-24-19(16-9-11-17(21)12-10-16)22-20(23-24)26-14(2)18(25)15-7-5-4-6-8-15/h3-12,14H,1,13H2,2H3. The molecule has 0 N–H and O–H groups in total. The molecule has 6 heteroatoms. The second-order valence-electron chi connectivity index (χ2n) is 5.69. The molecule has 0 radical (unpaired) electrons. The Morgan fingerprint density at radius 2 is 1.92 bits per heavy atom. The maximum Gasteiger partial charge on any atom is 0.209 e. The number of thioether (sulfide) groups is 1. The first-order valence-corrected chi connectivity index (χ1v) is 9.83. The zero-order chi connectivity index (χ0) is 18.5. The van der Waals surface area contributed by atoms with Crippen molar-refractivity contribution in [2.45, 2.75) is 23.9 Å². The Morgan fingerprint density at radius 1 is 1.23 bits per heavy atom. The van der Waals surface area contributed by atoms with Gasteiger partial charge in [0.15, 0.2) is 11.6 Å². The van der Waals surface area contributed by atoms with E-state index < -0.39 is 0 Å². The molecule has 0 saturated carbocycles. The molecule has 0 bridgehead atoms. The zero-order valence-electron chi connectivity index (χ0n) is 14.3. The normalized spacial score (nSPS) is 11.9. The summed E-state index contributed by atoms with van der Waals surface area (Å²) >= 11 is 4.81. The van der Waals surface area contributed by atoms with Gasteiger partial charge in [-0.05, 0) is 19.1 Å². The van der Waals surface area contributed by atoms with Gasteiger partial charge in [-0.25, -0.2) is 9.67 Å². The summed E-state index contributed by atoms with van der Waals surface area (Å²) in [5.74, 6) is 0.833. The fourth-order valence-electron chi connectivity index (χ4n) is 2.48. The second kappa shape index (κ2) is 8.47. The molecule has 132 valence electrons. The molecular formula is C20H18BrN3OS. The Bertz CT molecular complexity index is 907. The molecule has 3 aromatic rings. The number of ketones is 1. The minimum Gasteiger partial charge on any atom is -0.293 e. The van der Waals surface area contributed by atoms with Crippen molar-refractivity contribution < 1.29 is 4.79 Å². The number of carbonyl (C=O) groups is 1. The van der Waals surface area contributed by atoms with Crippen LogP contribution >= 0.6 is 27.7 Å². The van der Waals surface area contributed by atoms with Gasteiger partial charge in [0.2, 0.25) is 5.16 Å². The Morgan fingerprint density at radius 3 is 2.58 bits per heavy atom. The SMILES string of the molecule is C=CCn1nc(SC(C)C(=O)c2ccccc2)nc1-c1ccc(Br)cc1. The Labute approximate surface area is 165 Å². The molecular weight excluding hydrogens is 410 g/mol. The number of Topliss-reactive ketones (excluding diaryl/α,β-unsaturated/α-hetero) is 1. The third kappa shape index (κ3) is 4.31. The van der Waals surface area contributed by atoms with Gasteiger partial charge in [0, 0.05) is 15.6 Å². The van der Waals surface area contributed by atoms with Gasteiger partial charge in [-0.2, -0.15) is 0 Å². The lowest BCUT2D eigenvalue weighted by Gasteiger charge is -2.07. The zero-order valence-corrected chi connectivity index (χ0v) is 16.7. The molecule has 2 aromatic carbocycles. The van der Waals surface area contributed by atoms with E-state index >= 15 is 0 Å². The minimum absolute atomic E-state index is 0.0702. The average Bonchev–Trinajstić information content (AvgIpc) is 3.05. The number of hydrogen-bond donors (Lipinski definition) is 0. The van der Waals surface area contributed by atoms with E-state index in [0.717, 1.165) is 15.9 Å². The minimum atomic E-state index is -0.269. The number of halogens is 1. The van der Waals surface area contributed by atoms with Gasteiger partial charge in [0.1, 0.15) is 0 Å². The highest BCUT2D eigenvalue weighted by Gasteiger charge is 2.20. The second-order valence-corrected chi connectivity index (χ2v) is 7.91. The Hall–Kier alpha value is -2.18. The van der Waals surface area contributed by atoms with Crippen molar-refractivity contribution in [2.24, 2.45) is 0 Å². The summed E-state index contributed by atoms with van der Waals surface area (Å²) in [5.41, 5.74) is 1.67. The highest BCUT2D eigenvalue weighted by molar-refractivity contribution is 9.10. The van der Waals surface area contributed by atoms with Crippen LogP contribution in [0.25, 0.3) is 11.4 Å². The van der Waals surface area contributed by atoms with Crippen molar-refractivity contribution >= 4 is 33.5 Å². The Balaban J connectivity index is 1.84. The topological polar surface area (TPSA) is 47.8 Å². The lowest BCUT2D eigenvalue weighted by atomic mass is 10.1. The summed E-state index contributed by atoms with van der Waals surface area (Å²) in [6.07, 6.45) is 1.78. The summed E-state index contributed by atoms with van der Waals surface area (Å²) in [5, 5.41) is 4.86. The van der Waals surface area contributed by atoms with Crippen LogP contribution in [-0.2, 0) is 6.54 Å². The van der Waals surface area contributed by atoms with Crippen molar-refractivity contribution in [3.8, 4) is 11.4 Å². The molecule has 3 rings (SSSR count). The van der Waals surface area contributed by atoms with Gasteiger partial charge in [0.25, 0.3) is 0 Å². The van der Waals surface area contributed by atoms with Crippen LogP contribution in [0.15, 0.2) is 76.9 Å². The fourth-order valence-corrected chi connectivity index (χ4v) is 3.59. The van der Waals surface area contributed by atoms with E-state index in [-0.39, 0.29) is 11.0 Å². The molecule has 0 amide bonds. The van der Waals surface area contributed by atoms with E-state index in [9.17, 15) is 4.79 Å². The van der Waals surface area contributed by atoms with Crippen LogP contribution in [0.4, 0.5) is 0 Å². The molecule has 4 nitrogen and oxygen atoms in total. The summed E-state index contributed by atoms with van der Waals surface area (Å²) in [4.78, 5) is 17.2. The van der Waals surface area contributed by atoms with Crippen molar-refractivity contribution in [3.63, 3.8) is 0 Å². The number of rotatable bonds is 7. The van der Waals surface area contributed by atoms with Gasteiger partial charge >= 0.3 is 0 Å². The van der Waals surface area contributed by atoms with Crippen LogP contribution < -0.4 is 0 Å². The number of benzene rings is 2. The van der Waals surface area contributed by atoms with Crippen molar-refractivity contribution in [1.82, 2.24) is 14.8 Å². The quantitative estimate of drug-likeness (QED) is 0.293. The van der Waals surface area contributed by atoms with Gasteiger partial charge in [-0.3, -0.25) is 4.79 Å². The molecule has 0 saturated heterocycles. The number of hydrogen-bond acceptors (Lipinski definition) is 4. The summed E-state index contributed by atoms with van der Waals surface area (Å²) in [6, 6.07) is 17.2. The van der Waals surface area contributed by atoms with Crippen molar-refractivity contribution in [3.05, 3.63) is 77.3 Å². The lowest BCUT2D eigenvalue weighted by molar-refractivity contribution is 0.0994. The van der Waals surface area contributed by atoms with Crippen LogP contribution in [0, 0.1) is 0 Å². The number of aromatic nitrogens is 3. The monoisotopic (exact) mass is 427 g/mol. The molecule has 1 atom stereocenters. The van der Waals surface area contributed by atoms with Crippen molar-refractivity contribution in [2.75, 3.05) is 0 Å². The van der Waals surface area contributed by atoms with E-state index in [1.165, 1.54) is 11.8 Å². The molecule has 1 heterocycles. The maximum atomic E-state index is 12.6. The number of nitrogens with zero attached hydrogens (tertiary/aromatic N) is 3. The lowest BCUT2D eigenvalue weighted by Crippen LogP contribution is -2.13. The first-order valence-electron chi connectivity index (χ1n) is 8.16. The van der Waals surface area contributed by atoms with Gasteiger partial charge in [-0.1, -0.05) is 76.2 Å². The van der Waals surface area contributed by atoms with Crippen molar-refractivity contribution in [1.29, 1.82) is 0 Å². The predicted molar refractivity (Wildman–Crippen MR) is 109 cm³/mol. The van der Waals surface area contributed by atoms with Crippen LogP contribution in [-0.4, -0.2) is 25.8 Å². The van der Waals surface area contributed by atoms with Crippen LogP contribution in [0.2, 0.25) is 0 Å². The number of carbonyl (C=O) groups excluding carboxylic acids is 1. The summed E-state index contributed by atoms with van der Waals surface area (Å²) in [7, 11) is 0. The third-order valence-electron chi connectivity index (χ3n) is 3.77.